The number of phenolic OH excluding ortho intramolecular Hbond substituents is 1. The molecule has 2 rings (SSSR count). The minimum atomic E-state index is 0.257. The van der Waals surface area contributed by atoms with E-state index in [-0.39, 0.29) is 5.75 Å². The second-order valence-electron chi connectivity index (χ2n) is 6.74. The number of likely N-dealkylation sites (N-methyl/N-ethyl adjacent to an activating group) is 2. The molecule has 5 nitrogen and oxygen atoms in total. The number of hydrogen-bond donors (Lipinski definition) is 2. The summed E-state index contributed by atoms with van der Waals surface area (Å²) in [6.07, 6.45) is 0. The zero-order valence-electron chi connectivity index (χ0n) is 16.5. The van der Waals surface area contributed by atoms with Crippen LogP contribution in [0.15, 0.2) is 47.5 Å². The van der Waals surface area contributed by atoms with E-state index in [4.69, 9.17) is 16.6 Å². The third kappa shape index (κ3) is 6.45. The van der Waals surface area contributed by atoms with Crippen molar-refractivity contribution in [2.75, 3.05) is 39.0 Å². The van der Waals surface area contributed by atoms with Gasteiger partial charge in [-0.2, -0.15) is 0 Å². The van der Waals surface area contributed by atoms with Gasteiger partial charge in [0.05, 0.1) is 6.54 Å². The molecule has 146 valence electrons. The van der Waals surface area contributed by atoms with Crippen molar-refractivity contribution in [2.24, 2.45) is 4.99 Å². The molecule has 2 N–H and O–H groups in total. The Hall–Kier alpha value is -2.24. The summed E-state index contributed by atoms with van der Waals surface area (Å²) in [6, 6.07) is 13.1. The Balaban J connectivity index is 2.28. The Morgan fingerprint density at radius 2 is 1.89 bits per heavy atom. The Kier molecular flexibility index (Phi) is 7.95. The van der Waals surface area contributed by atoms with Gasteiger partial charge in [0.15, 0.2) is 5.96 Å². The zero-order chi connectivity index (χ0) is 19.8. The van der Waals surface area contributed by atoms with Crippen LogP contribution in [-0.4, -0.2) is 54.6 Å². The highest BCUT2D eigenvalue weighted by Crippen LogP contribution is 2.21. The monoisotopic (exact) mass is 388 g/mol. The largest absolute Gasteiger partial charge is 0.508 e. The number of phenols is 1. The first kappa shape index (κ1) is 21.1. The van der Waals surface area contributed by atoms with Crippen molar-refractivity contribution in [3.05, 3.63) is 58.6 Å². The normalized spacial score (nSPS) is 11.7. The fraction of sp³-hybridized carbons (Fsp3) is 0.381. The van der Waals surface area contributed by atoms with Crippen molar-refractivity contribution in [3.8, 4) is 5.75 Å². The summed E-state index contributed by atoms with van der Waals surface area (Å²) in [5.41, 5.74) is 2.88. The smallest absolute Gasteiger partial charge is 0.198 e. The maximum absolute atomic E-state index is 9.67. The van der Waals surface area contributed by atoms with Crippen LogP contribution in [0.4, 0.5) is 5.69 Å². The number of aryl methyl sites for hydroxylation is 1. The van der Waals surface area contributed by atoms with Gasteiger partial charge in [0, 0.05) is 30.3 Å². The molecule has 0 aliphatic rings. The van der Waals surface area contributed by atoms with E-state index in [1.165, 1.54) is 0 Å². The first-order valence-corrected chi connectivity index (χ1v) is 9.52. The highest BCUT2D eigenvalue weighted by molar-refractivity contribution is 6.31. The van der Waals surface area contributed by atoms with Crippen LogP contribution in [0, 0.1) is 6.92 Å². The molecule has 2 aromatic carbocycles. The number of benzene rings is 2. The quantitative estimate of drug-likeness (QED) is 0.424. The van der Waals surface area contributed by atoms with Gasteiger partial charge in [-0.1, -0.05) is 29.8 Å². The fourth-order valence-corrected chi connectivity index (χ4v) is 2.84. The van der Waals surface area contributed by atoms with E-state index in [2.05, 4.69) is 36.1 Å². The van der Waals surface area contributed by atoms with Crippen molar-refractivity contribution in [1.82, 2.24) is 9.80 Å². The summed E-state index contributed by atoms with van der Waals surface area (Å²) < 4.78 is 0. The molecule has 6 heteroatoms. The molecular formula is C21H29ClN4O. The van der Waals surface area contributed by atoms with Crippen molar-refractivity contribution < 1.29 is 5.11 Å². The van der Waals surface area contributed by atoms with Crippen molar-refractivity contribution in [1.29, 1.82) is 0 Å². The summed E-state index contributed by atoms with van der Waals surface area (Å²) in [4.78, 5) is 9.19. The minimum absolute atomic E-state index is 0.257. The number of aliphatic imine (C=N–C) groups is 1. The van der Waals surface area contributed by atoms with E-state index in [0.717, 1.165) is 47.4 Å². The second-order valence-corrected chi connectivity index (χ2v) is 7.15. The van der Waals surface area contributed by atoms with Gasteiger partial charge < -0.3 is 20.2 Å². The lowest BCUT2D eigenvalue weighted by molar-refractivity contribution is 0.336. The Bertz CT molecular complexity index is 777. The minimum Gasteiger partial charge on any atom is -0.508 e. The van der Waals surface area contributed by atoms with Gasteiger partial charge in [0.2, 0.25) is 0 Å². The summed E-state index contributed by atoms with van der Waals surface area (Å²) in [5, 5.41) is 13.8. The molecule has 0 fully saturated rings. The van der Waals surface area contributed by atoms with Crippen LogP contribution in [0.1, 0.15) is 18.1 Å². The van der Waals surface area contributed by atoms with Gasteiger partial charge >= 0.3 is 0 Å². The zero-order valence-corrected chi connectivity index (χ0v) is 17.3. The van der Waals surface area contributed by atoms with E-state index in [1.54, 1.807) is 12.1 Å². The number of nitrogens with zero attached hydrogens (tertiary/aromatic N) is 3. The summed E-state index contributed by atoms with van der Waals surface area (Å²) in [6.45, 7) is 7.19. The van der Waals surface area contributed by atoms with Crippen LogP contribution in [0.3, 0.4) is 0 Å². The summed E-state index contributed by atoms with van der Waals surface area (Å²) in [7, 11) is 4.12. The molecule has 0 unspecified atom stereocenters. The molecule has 0 bridgehead atoms. The molecule has 2 aromatic rings. The van der Waals surface area contributed by atoms with Gasteiger partial charge in [-0.25, -0.2) is 4.99 Å². The maximum Gasteiger partial charge on any atom is 0.198 e. The molecular weight excluding hydrogens is 360 g/mol. The number of nitrogens with one attached hydrogen (secondary N) is 1. The van der Waals surface area contributed by atoms with Gasteiger partial charge in [-0.15, -0.1) is 0 Å². The third-order valence-corrected chi connectivity index (χ3v) is 4.68. The lowest BCUT2D eigenvalue weighted by Crippen LogP contribution is -2.40. The van der Waals surface area contributed by atoms with E-state index in [9.17, 15) is 5.11 Å². The maximum atomic E-state index is 9.67. The third-order valence-electron chi connectivity index (χ3n) is 4.31. The standard InChI is InChI=1S/C21H29ClN4O/c1-5-26(13-12-25(3)4)21(23-15-17-8-6-7-9-19(17)22)24-20-11-10-18(27)14-16(20)2/h6-11,14,27H,5,12-13,15H2,1-4H3,(H,23,24). The molecule has 0 amide bonds. The summed E-state index contributed by atoms with van der Waals surface area (Å²) >= 11 is 6.29. The lowest BCUT2D eigenvalue weighted by Gasteiger charge is -2.27. The lowest BCUT2D eigenvalue weighted by atomic mass is 10.2. The molecule has 0 aromatic heterocycles. The Morgan fingerprint density at radius 3 is 2.52 bits per heavy atom. The molecule has 0 atom stereocenters. The predicted molar refractivity (Wildman–Crippen MR) is 115 cm³/mol. The predicted octanol–water partition coefficient (Wildman–Crippen LogP) is 4.21. The molecule has 0 radical (unpaired) electrons. The average molecular weight is 389 g/mol. The van der Waals surface area contributed by atoms with Gasteiger partial charge in [0.1, 0.15) is 5.75 Å². The summed E-state index contributed by atoms with van der Waals surface area (Å²) in [5.74, 6) is 1.06. The Labute approximate surface area is 167 Å². The van der Waals surface area contributed by atoms with Crippen molar-refractivity contribution >= 4 is 23.2 Å². The molecule has 27 heavy (non-hydrogen) atoms. The SMILES string of the molecule is CCN(CCN(C)C)C(=NCc1ccccc1Cl)Nc1ccc(O)cc1C. The van der Waals surface area contributed by atoms with Crippen LogP contribution in [0.2, 0.25) is 5.02 Å². The number of anilines is 1. The number of hydrogen-bond acceptors (Lipinski definition) is 3. The molecule has 0 spiro atoms. The van der Waals surface area contributed by atoms with Crippen LogP contribution in [-0.2, 0) is 6.54 Å². The number of guanidine groups is 1. The van der Waals surface area contributed by atoms with Gasteiger partial charge in [-0.3, -0.25) is 0 Å². The van der Waals surface area contributed by atoms with Crippen molar-refractivity contribution in [2.45, 2.75) is 20.4 Å². The number of rotatable bonds is 7. The van der Waals surface area contributed by atoms with Crippen molar-refractivity contribution in [3.63, 3.8) is 0 Å². The molecule has 0 saturated carbocycles. The van der Waals surface area contributed by atoms with Gasteiger partial charge in [-0.05, 0) is 63.3 Å². The first-order valence-electron chi connectivity index (χ1n) is 9.15. The van der Waals surface area contributed by atoms with Crippen LogP contribution in [0.25, 0.3) is 0 Å². The molecule has 0 aliphatic carbocycles. The van der Waals surface area contributed by atoms with E-state index in [0.29, 0.717) is 6.54 Å². The second kappa shape index (κ2) is 10.2. The number of aromatic hydroxyl groups is 1. The molecule has 0 heterocycles. The van der Waals surface area contributed by atoms with Gasteiger partial charge in [0.25, 0.3) is 0 Å². The fourth-order valence-electron chi connectivity index (χ4n) is 2.65. The topological polar surface area (TPSA) is 51.1 Å². The molecule has 0 saturated heterocycles. The van der Waals surface area contributed by atoms with Crippen LogP contribution in [0.5, 0.6) is 5.75 Å². The highest BCUT2D eigenvalue weighted by atomic mass is 35.5. The van der Waals surface area contributed by atoms with E-state index in [1.807, 2.05) is 37.3 Å². The van der Waals surface area contributed by atoms with E-state index < -0.39 is 0 Å². The Morgan fingerprint density at radius 1 is 1.15 bits per heavy atom. The highest BCUT2D eigenvalue weighted by Gasteiger charge is 2.12. The molecule has 0 aliphatic heterocycles. The van der Waals surface area contributed by atoms with Crippen LogP contribution < -0.4 is 5.32 Å². The first-order chi connectivity index (χ1) is 12.9. The van der Waals surface area contributed by atoms with Crippen LogP contribution >= 0.6 is 11.6 Å². The average Bonchev–Trinajstić information content (AvgIpc) is 2.62. The number of halogens is 1. The van der Waals surface area contributed by atoms with E-state index >= 15 is 0 Å².